The van der Waals surface area contributed by atoms with Gasteiger partial charge in [0.25, 0.3) is 0 Å². The Balaban J connectivity index is 0.00000220. The lowest BCUT2D eigenvalue weighted by Crippen LogP contribution is -2.38. The van der Waals surface area contributed by atoms with Crippen molar-refractivity contribution in [1.29, 1.82) is 0 Å². The van der Waals surface area contributed by atoms with E-state index in [0.717, 1.165) is 0 Å². The largest absolute Gasteiger partial charge is 0.380 e. The lowest BCUT2D eigenvalue weighted by Gasteiger charge is -2.35. The van der Waals surface area contributed by atoms with Gasteiger partial charge < -0.3 is 10.8 Å². The van der Waals surface area contributed by atoms with E-state index in [0.29, 0.717) is 27.7 Å². The van der Waals surface area contributed by atoms with Crippen molar-refractivity contribution in [2.75, 3.05) is 6.54 Å². The van der Waals surface area contributed by atoms with Gasteiger partial charge in [0.05, 0.1) is 0 Å². The molecule has 0 fully saturated rings. The van der Waals surface area contributed by atoms with E-state index in [9.17, 15) is 5.11 Å². The molecule has 21 heavy (non-hydrogen) atoms. The summed E-state index contributed by atoms with van der Waals surface area (Å²) in [5, 5.41) is 12.4. The molecular weight excluding hydrogens is 329 g/mol. The monoisotopic (exact) mass is 345 g/mol. The number of nitrogens with two attached hydrogens (primary N) is 1. The van der Waals surface area contributed by atoms with E-state index >= 15 is 0 Å². The molecular formula is C16H18Cl3NO. The van der Waals surface area contributed by atoms with Crippen molar-refractivity contribution >= 4 is 35.6 Å². The van der Waals surface area contributed by atoms with Gasteiger partial charge in [0.15, 0.2) is 0 Å². The van der Waals surface area contributed by atoms with E-state index in [-0.39, 0.29) is 18.3 Å². The summed E-state index contributed by atoms with van der Waals surface area (Å²) in [5.41, 5.74) is 5.99. The Kier molecular flexibility index (Phi) is 6.51. The molecule has 0 bridgehead atoms. The summed E-state index contributed by atoms with van der Waals surface area (Å²) in [6.07, 6.45) is 0. The summed E-state index contributed by atoms with van der Waals surface area (Å²) in [5.74, 6) is -0.181. The third-order valence-corrected chi connectivity index (χ3v) is 4.07. The van der Waals surface area contributed by atoms with Crippen molar-refractivity contribution in [3.8, 4) is 0 Å². The first kappa shape index (κ1) is 18.3. The van der Waals surface area contributed by atoms with E-state index in [1.54, 1.807) is 24.3 Å². The first-order valence-electron chi connectivity index (χ1n) is 6.43. The van der Waals surface area contributed by atoms with Crippen LogP contribution >= 0.6 is 35.6 Å². The predicted molar refractivity (Wildman–Crippen MR) is 91.4 cm³/mol. The van der Waals surface area contributed by atoms with Gasteiger partial charge in [-0.2, -0.15) is 0 Å². The van der Waals surface area contributed by atoms with Crippen molar-refractivity contribution in [2.24, 2.45) is 11.7 Å². The average molecular weight is 347 g/mol. The minimum atomic E-state index is -1.22. The van der Waals surface area contributed by atoms with Crippen LogP contribution in [0.2, 0.25) is 10.0 Å². The number of aliphatic hydroxyl groups is 1. The molecule has 2 rings (SSSR count). The Hall–Kier alpha value is -0.770. The van der Waals surface area contributed by atoms with Crippen LogP contribution < -0.4 is 5.73 Å². The van der Waals surface area contributed by atoms with Gasteiger partial charge in [0.1, 0.15) is 5.60 Å². The Labute approximate surface area is 141 Å². The number of benzene rings is 2. The molecule has 1 atom stereocenters. The van der Waals surface area contributed by atoms with E-state index in [1.807, 2.05) is 31.2 Å². The summed E-state index contributed by atoms with van der Waals surface area (Å²) >= 11 is 12.1. The average Bonchev–Trinajstić information content (AvgIpc) is 2.45. The highest BCUT2D eigenvalue weighted by molar-refractivity contribution is 6.31. The fraction of sp³-hybridized carbons (Fsp3) is 0.250. The molecule has 2 nitrogen and oxygen atoms in total. The SMILES string of the molecule is CC(CN)C(O)(c1cccc(Cl)c1)c1cccc(Cl)c1.Cl. The summed E-state index contributed by atoms with van der Waals surface area (Å²) in [4.78, 5) is 0. The second-order valence-corrected chi connectivity index (χ2v) is 5.80. The lowest BCUT2D eigenvalue weighted by atomic mass is 9.77. The third-order valence-electron chi connectivity index (χ3n) is 3.60. The van der Waals surface area contributed by atoms with Crippen LogP contribution in [0.25, 0.3) is 0 Å². The predicted octanol–water partition coefficient (Wildman–Crippen LogP) is 4.25. The maximum atomic E-state index is 11.3. The standard InChI is InChI=1S/C16H17Cl2NO.ClH/c1-11(10-19)16(20,12-4-2-6-14(17)8-12)13-5-3-7-15(18)9-13;/h2-9,11,20H,10,19H2,1H3;1H. The van der Waals surface area contributed by atoms with Crippen LogP contribution in [0.3, 0.4) is 0 Å². The van der Waals surface area contributed by atoms with Gasteiger partial charge in [-0.05, 0) is 41.9 Å². The zero-order valence-corrected chi connectivity index (χ0v) is 13.9. The minimum absolute atomic E-state index is 0. The van der Waals surface area contributed by atoms with E-state index < -0.39 is 5.60 Å². The van der Waals surface area contributed by atoms with Gasteiger partial charge >= 0.3 is 0 Å². The highest BCUT2D eigenvalue weighted by Crippen LogP contribution is 2.38. The van der Waals surface area contributed by atoms with Gasteiger partial charge in [-0.25, -0.2) is 0 Å². The van der Waals surface area contributed by atoms with E-state index in [1.165, 1.54) is 0 Å². The Morgan fingerprint density at radius 3 is 1.81 bits per heavy atom. The van der Waals surface area contributed by atoms with Gasteiger partial charge in [-0.1, -0.05) is 54.4 Å². The van der Waals surface area contributed by atoms with E-state index in [4.69, 9.17) is 28.9 Å². The van der Waals surface area contributed by atoms with Crippen molar-refractivity contribution in [2.45, 2.75) is 12.5 Å². The summed E-state index contributed by atoms with van der Waals surface area (Å²) in [6, 6.07) is 14.4. The highest BCUT2D eigenvalue weighted by atomic mass is 35.5. The second-order valence-electron chi connectivity index (χ2n) is 4.92. The number of hydrogen-bond acceptors (Lipinski definition) is 2. The maximum absolute atomic E-state index is 11.3. The van der Waals surface area contributed by atoms with Crippen molar-refractivity contribution in [3.63, 3.8) is 0 Å². The molecule has 0 amide bonds. The fourth-order valence-corrected chi connectivity index (χ4v) is 2.74. The molecule has 2 aromatic rings. The molecule has 0 aromatic heterocycles. The molecule has 0 saturated carbocycles. The smallest absolute Gasteiger partial charge is 0.118 e. The molecule has 0 saturated heterocycles. The van der Waals surface area contributed by atoms with Crippen molar-refractivity contribution in [3.05, 3.63) is 69.7 Å². The van der Waals surface area contributed by atoms with Gasteiger partial charge in [0.2, 0.25) is 0 Å². The summed E-state index contributed by atoms with van der Waals surface area (Å²) in [7, 11) is 0. The highest BCUT2D eigenvalue weighted by Gasteiger charge is 2.37. The van der Waals surface area contributed by atoms with Crippen LogP contribution in [0.15, 0.2) is 48.5 Å². The zero-order chi connectivity index (χ0) is 14.8. The van der Waals surface area contributed by atoms with Crippen molar-refractivity contribution in [1.82, 2.24) is 0 Å². The Bertz CT molecular complexity index is 558. The van der Waals surface area contributed by atoms with Gasteiger partial charge in [0, 0.05) is 16.0 Å². The van der Waals surface area contributed by atoms with Crippen LogP contribution in [0, 0.1) is 5.92 Å². The number of rotatable bonds is 4. The molecule has 114 valence electrons. The first-order valence-corrected chi connectivity index (χ1v) is 7.18. The molecule has 2 aromatic carbocycles. The van der Waals surface area contributed by atoms with Crippen LogP contribution in [0.5, 0.6) is 0 Å². The van der Waals surface area contributed by atoms with Crippen LogP contribution in [-0.4, -0.2) is 11.7 Å². The maximum Gasteiger partial charge on any atom is 0.118 e. The molecule has 0 aliphatic heterocycles. The third kappa shape index (κ3) is 3.71. The Morgan fingerprint density at radius 2 is 1.48 bits per heavy atom. The number of hydrogen-bond donors (Lipinski definition) is 2. The van der Waals surface area contributed by atoms with E-state index in [2.05, 4.69) is 0 Å². The normalized spacial score (nSPS) is 12.6. The van der Waals surface area contributed by atoms with Crippen LogP contribution in [0.1, 0.15) is 18.1 Å². The molecule has 0 aliphatic carbocycles. The first-order chi connectivity index (χ1) is 9.48. The molecule has 1 unspecified atom stereocenters. The fourth-order valence-electron chi connectivity index (χ4n) is 2.36. The zero-order valence-electron chi connectivity index (χ0n) is 11.6. The molecule has 5 heteroatoms. The summed E-state index contributed by atoms with van der Waals surface area (Å²) in [6.45, 7) is 2.25. The summed E-state index contributed by atoms with van der Waals surface area (Å²) < 4.78 is 0. The minimum Gasteiger partial charge on any atom is -0.380 e. The molecule has 0 radical (unpaired) electrons. The lowest BCUT2D eigenvalue weighted by molar-refractivity contribution is 0.0277. The topological polar surface area (TPSA) is 46.2 Å². The molecule has 3 N–H and O–H groups in total. The molecule has 0 aliphatic rings. The quantitative estimate of drug-likeness (QED) is 0.869. The van der Waals surface area contributed by atoms with Crippen LogP contribution in [0.4, 0.5) is 0 Å². The second kappa shape index (κ2) is 7.48. The van der Waals surface area contributed by atoms with Crippen LogP contribution in [-0.2, 0) is 5.60 Å². The molecule has 0 heterocycles. The molecule has 0 spiro atoms. The van der Waals surface area contributed by atoms with Crippen molar-refractivity contribution < 1.29 is 5.11 Å². The number of halogens is 3. The Morgan fingerprint density at radius 1 is 1.05 bits per heavy atom. The van der Waals surface area contributed by atoms with Gasteiger partial charge in [-0.3, -0.25) is 0 Å². The van der Waals surface area contributed by atoms with Gasteiger partial charge in [-0.15, -0.1) is 12.4 Å².